The van der Waals surface area contributed by atoms with Crippen molar-refractivity contribution in [3.05, 3.63) is 64.7 Å². The van der Waals surface area contributed by atoms with Gasteiger partial charge in [0, 0.05) is 29.1 Å². The summed E-state index contributed by atoms with van der Waals surface area (Å²) in [6.45, 7) is 5.64. The Morgan fingerprint density at radius 1 is 1.12 bits per heavy atom. The number of rotatable bonds is 2. The van der Waals surface area contributed by atoms with Crippen molar-refractivity contribution >= 4 is 28.2 Å². The van der Waals surface area contributed by atoms with Crippen molar-refractivity contribution in [2.24, 2.45) is 0 Å². The summed E-state index contributed by atoms with van der Waals surface area (Å²) in [6.07, 6.45) is 1.49. The molecule has 0 fully saturated rings. The van der Waals surface area contributed by atoms with Crippen LogP contribution in [0.2, 0.25) is 5.15 Å². The number of benzene rings is 1. The van der Waals surface area contributed by atoms with E-state index in [1.807, 2.05) is 13.8 Å². The van der Waals surface area contributed by atoms with Gasteiger partial charge in [-0.05, 0) is 24.3 Å². The first-order valence-electron chi connectivity index (χ1n) is 8.16. The van der Waals surface area contributed by atoms with Crippen molar-refractivity contribution in [2.45, 2.75) is 26.7 Å². The molecule has 0 spiro atoms. The second-order valence-corrected chi connectivity index (χ2v) is 5.75. The van der Waals surface area contributed by atoms with Crippen LogP contribution in [0.4, 0.5) is 8.78 Å². The Hall–Kier alpha value is -2.67. The number of halogens is 3. The van der Waals surface area contributed by atoms with Crippen LogP contribution in [0.15, 0.2) is 36.5 Å². The number of pyridine rings is 1. The lowest BCUT2D eigenvalue weighted by atomic mass is 9.97. The van der Waals surface area contributed by atoms with E-state index in [2.05, 4.69) is 20.3 Å². The molecule has 0 radical (unpaired) electrons. The predicted molar refractivity (Wildman–Crippen MR) is 96.3 cm³/mol. The van der Waals surface area contributed by atoms with Gasteiger partial charge in [-0.3, -0.25) is 4.98 Å². The first kappa shape index (κ1) is 18.1. The highest BCUT2D eigenvalue weighted by Gasteiger charge is 2.25. The van der Waals surface area contributed by atoms with Crippen LogP contribution in [0, 0.1) is 11.6 Å². The minimum absolute atomic E-state index is 0.105. The van der Waals surface area contributed by atoms with E-state index >= 15 is 0 Å². The second kappa shape index (κ2) is 7.29. The first-order chi connectivity index (χ1) is 12.6. The van der Waals surface area contributed by atoms with Crippen LogP contribution in [0.25, 0.3) is 16.6 Å². The van der Waals surface area contributed by atoms with Crippen LogP contribution < -0.4 is 0 Å². The summed E-state index contributed by atoms with van der Waals surface area (Å²) >= 11 is 5.90. The van der Waals surface area contributed by atoms with Crippen molar-refractivity contribution in [1.82, 2.24) is 24.8 Å². The maximum Gasteiger partial charge on any atom is 0.178 e. The molecule has 0 amide bonds. The molecule has 0 aliphatic rings. The van der Waals surface area contributed by atoms with Gasteiger partial charge in [0.05, 0.1) is 5.52 Å². The maximum absolute atomic E-state index is 14.9. The highest BCUT2D eigenvalue weighted by molar-refractivity contribution is 6.29. The Balaban J connectivity index is 0.000000948. The summed E-state index contributed by atoms with van der Waals surface area (Å²) in [4.78, 5) is 3.98. The van der Waals surface area contributed by atoms with Crippen molar-refractivity contribution in [3.8, 4) is 0 Å². The highest BCUT2D eigenvalue weighted by Crippen LogP contribution is 2.31. The fraction of sp³-hybridized carbons (Fsp3) is 0.222. The fourth-order valence-electron chi connectivity index (χ4n) is 2.74. The van der Waals surface area contributed by atoms with E-state index in [1.165, 1.54) is 16.8 Å². The molecule has 3 aromatic heterocycles. The van der Waals surface area contributed by atoms with Gasteiger partial charge in [0.1, 0.15) is 16.8 Å². The molecule has 0 aliphatic heterocycles. The number of fused-ring (bicyclic) bond motifs is 2. The molecule has 0 saturated heterocycles. The Bertz CT molecular complexity index is 1080. The predicted octanol–water partition coefficient (Wildman–Crippen LogP) is 4.78. The van der Waals surface area contributed by atoms with Gasteiger partial charge in [-0.25, -0.2) is 8.78 Å². The molecule has 3 heterocycles. The van der Waals surface area contributed by atoms with Crippen LogP contribution >= 0.6 is 11.6 Å². The normalized spacial score (nSPS) is 12.1. The van der Waals surface area contributed by atoms with Crippen LogP contribution in [0.1, 0.15) is 38.1 Å². The molecule has 1 atom stereocenters. The van der Waals surface area contributed by atoms with E-state index in [1.54, 1.807) is 31.2 Å². The molecule has 1 unspecified atom stereocenters. The van der Waals surface area contributed by atoms with E-state index < -0.39 is 17.6 Å². The van der Waals surface area contributed by atoms with Crippen molar-refractivity contribution in [2.75, 3.05) is 0 Å². The van der Waals surface area contributed by atoms with E-state index in [0.29, 0.717) is 11.5 Å². The lowest BCUT2D eigenvalue weighted by Gasteiger charge is -2.13. The van der Waals surface area contributed by atoms with E-state index in [4.69, 9.17) is 11.6 Å². The average Bonchev–Trinajstić information content (AvgIpc) is 3.06. The fourth-order valence-corrected chi connectivity index (χ4v) is 2.88. The molecule has 26 heavy (non-hydrogen) atoms. The molecule has 0 bridgehead atoms. The average molecular weight is 376 g/mol. The Morgan fingerprint density at radius 2 is 1.88 bits per heavy atom. The zero-order chi connectivity index (χ0) is 18.8. The van der Waals surface area contributed by atoms with Gasteiger partial charge in [0.25, 0.3) is 0 Å². The number of hydrogen-bond donors (Lipinski definition) is 0. The van der Waals surface area contributed by atoms with Gasteiger partial charge in [-0.2, -0.15) is 9.61 Å². The quantitative estimate of drug-likeness (QED) is 0.506. The summed E-state index contributed by atoms with van der Waals surface area (Å²) in [6, 6.07) is 7.59. The summed E-state index contributed by atoms with van der Waals surface area (Å²) in [5, 5.41) is 12.6. The van der Waals surface area contributed by atoms with Crippen LogP contribution in [0.3, 0.4) is 0 Å². The molecule has 5 nitrogen and oxygen atoms in total. The van der Waals surface area contributed by atoms with Crippen LogP contribution in [0.5, 0.6) is 0 Å². The van der Waals surface area contributed by atoms with E-state index in [-0.39, 0.29) is 21.6 Å². The lowest BCUT2D eigenvalue weighted by Crippen LogP contribution is -2.09. The topological polar surface area (TPSA) is 56.0 Å². The zero-order valence-corrected chi connectivity index (χ0v) is 15.2. The molecule has 4 aromatic rings. The molecule has 4 rings (SSSR count). The van der Waals surface area contributed by atoms with Gasteiger partial charge in [0.2, 0.25) is 0 Å². The molecular weight excluding hydrogens is 360 g/mol. The van der Waals surface area contributed by atoms with Gasteiger partial charge < -0.3 is 0 Å². The molecule has 134 valence electrons. The summed E-state index contributed by atoms with van der Waals surface area (Å²) < 4.78 is 30.8. The molecular formula is C18H16ClF2N5. The molecule has 8 heteroatoms. The van der Waals surface area contributed by atoms with Gasteiger partial charge >= 0.3 is 0 Å². The van der Waals surface area contributed by atoms with Crippen LogP contribution in [-0.2, 0) is 0 Å². The summed E-state index contributed by atoms with van der Waals surface area (Å²) in [5.41, 5.74) is 0.604. The number of aromatic nitrogens is 5. The molecule has 0 saturated carbocycles. The van der Waals surface area contributed by atoms with Gasteiger partial charge in [0.15, 0.2) is 11.5 Å². The molecule has 0 aliphatic carbocycles. The first-order valence-corrected chi connectivity index (χ1v) is 8.54. The Kier molecular flexibility index (Phi) is 5.08. The van der Waals surface area contributed by atoms with E-state index in [9.17, 15) is 8.78 Å². The van der Waals surface area contributed by atoms with Gasteiger partial charge in [-0.1, -0.05) is 32.4 Å². The molecule has 1 aromatic carbocycles. The zero-order valence-electron chi connectivity index (χ0n) is 14.4. The summed E-state index contributed by atoms with van der Waals surface area (Å²) in [5.74, 6) is -1.77. The van der Waals surface area contributed by atoms with Crippen LogP contribution in [-0.4, -0.2) is 24.8 Å². The lowest BCUT2D eigenvalue weighted by molar-refractivity contribution is 0.547. The largest absolute Gasteiger partial charge is 0.256 e. The molecule has 0 N–H and O–H groups in total. The SMILES string of the molecule is CC.CC(c1c(F)cc2ncccc2c1F)c1nnc2ccc(Cl)nn12. The third-order valence-corrected chi connectivity index (χ3v) is 4.11. The third-order valence-electron chi connectivity index (χ3n) is 3.91. The minimum Gasteiger partial charge on any atom is -0.256 e. The Labute approximate surface area is 153 Å². The highest BCUT2D eigenvalue weighted by atomic mass is 35.5. The van der Waals surface area contributed by atoms with Crippen molar-refractivity contribution < 1.29 is 8.78 Å². The van der Waals surface area contributed by atoms with E-state index in [0.717, 1.165) is 0 Å². The van der Waals surface area contributed by atoms with Crippen molar-refractivity contribution in [1.29, 1.82) is 0 Å². The maximum atomic E-state index is 14.9. The summed E-state index contributed by atoms with van der Waals surface area (Å²) in [7, 11) is 0. The number of nitrogens with zero attached hydrogens (tertiary/aromatic N) is 5. The number of hydrogen-bond acceptors (Lipinski definition) is 4. The minimum atomic E-state index is -0.712. The van der Waals surface area contributed by atoms with Gasteiger partial charge in [-0.15, -0.1) is 10.2 Å². The van der Waals surface area contributed by atoms with Crippen molar-refractivity contribution in [3.63, 3.8) is 0 Å². The standard InChI is InChI=1S/C16H10ClF2N5.C2H6/c1-8(16-22-21-13-5-4-12(17)23-24(13)16)14-10(18)7-11-9(15(14)19)3-2-6-20-11;1-2/h2-8H,1H3;1-2H3. The third kappa shape index (κ3) is 2.99. The monoisotopic (exact) mass is 375 g/mol. The Morgan fingerprint density at radius 3 is 2.65 bits per heavy atom. The smallest absolute Gasteiger partial charge is 0.178 e. The second-order valence-electron chi connectivity index (χ2n) is 5.36.